The average Bonchev–Trinajstić information content (AvgIpc) is 3.12. The number of carbonyl (C=O) groups is 1. The quantitative estimate of drug-likeness (QED) is 0.394. The van der Waals surface area contributed by atoms with Crippen LogP contribution in [-0.4, -0.2) is 42.4 Å². The van der Waals surface area contributed by atoms with Gasteiger partial charge in [0.05, 0.1) is 23.3 Å². The molecule has 0 aromatic rings. The summed E-state index contributed by atoms with van der Waals surface area (Å²) in [6.07, 6.45) is -1.16. The summed E-state index contributed by atoms with van der Waals surface area (Å²) in [5.74, 6) is 0.254. The zero-order valence-corrected chi connectivity index (χ0v) is 24.0. The molecule has 9 unspecified atom stereocenters. The number of nitrogens with one attached hydrogen (secondary N) is 1. The monoisotopic (exact) mass is 510 g/mol. The summed E-state index contributed by atoms with van der Waals surface area (Å²) in [6.45, 7) is 6.38. The van der Waals surface area contributed by atoms with E-state index < -0.39 is 46.0 Å². The number of aliphatic hydroxyl groups is 1. The molecular formula is C26H44NNaO5S. The summed E-state index contributed by atoms with van der Waals surface area (Å²) >= 11 is 0. The molecule has 6 nitrogen and oxygen atoms in total. The van der Waals surface area contributed by atoms with Gasteiger partial charge in [0.1, 0.15) is 0 Å². The fraction of sp³-hybridized carbons (Fsp3) is 0.962. The smallest absolute Gasteiger partial charge is 0.748 e. The summed E-state index contributed by atoms with van der Waals surface area (Å²) in [6, 6.07) is 0. The molecule has 4 aliphatic rings. The molecule has 2 N–H and O–H groups in total. The first kappa shape index (κ1) is 22.3. The van der Waals surface area contributed by atoms with Gasteiger partial charge >= 0.3 is 29.6 Å². The summed E-state index contributed by atoms with van der Waals surface area (Å²) in [7, 11) is -4.35. The van der Waals surface area contributed by atoms with E-state index in [1.54, 1.807) is 0 Å². The maximum absolute atomic E-state index is 12.2. The van der Waals surface area contributed by atoms with E-state index >= 15 is 0 Å². The first-order valence-electron chi connectivity index (χ1n) is 15.2. The molecule has 9 atom stereocenters. The fourth-order valence-corrected chi connectivity index (χ4v) is 8.73. The van der Waals surface area contributed by atoms with Gasteiger partial charge in [-0.05, 0) is 110 Å². The summed E-state index contributed by atoms with van der Waals surface area (Å²) in [5.41, 5.74) is -0.538. The van der Waals surface area contributed by atoms with Crippen LogP contribution in [0.4, 0.5) is 0 Å². The fourth-order valence-electron chi connectivity index (χ4n) is 8.38. The van der Waals surface area contributed by atoms with Crippen molar-refractivity contribution in [3.05, 3.63) is 0 Å². The third kappa shape index (κ3) is 5.75. The predicted octanol–water partition coefficient (Wildman–Crippen LogP) is 1.09. The van der Waals surface area contributed by atoms with Gasteiger partial charge in [0, 0.05) is 18.4 Å². The Kier molecular flexibility index (Phi) is 7.22. The van der Waals surface area contributed by atoms with Crippen LogP contribution in [0.5, 0.6) is 0 Å². The van der Waals surface area contributed by atoms with Crippen LogP contribution in [0.25, 0.3) is 0 Å². The number of fused-ring (bicyclic) bond motifs is 5. The van der Waals surface area contributed by atoms with Crippen LogP contribution in [0.1, 0.15) is 98.2 Å². The van der Waals surface area contributed by atoms with Crippen molar-refractivity contribution in [1.29, 1.82) is 0 Å². The van der Waals surface area contributed by atoms with E-state index in [-0.39, 0.29) is 66.2 Å². The van der Waals surface area contributed by atoms with Crippen LogP contribution in [0.2, 0.25) is 0 Å². The number of hydrogen-bond acceptors (Lipinski definition) is 5. The Bertz CT molecular complexity index is 1050. The third-order valence-corrected chi connectivity index (χ3v) is 10.8. The molecule has 0 aromatic heterocycles. The summed E-state index contributed by atoms with van der Waals surface area (Å²) in [5, 5.41) is 13.2. The molecule has 0 aromatic carbocycles. The molecule has 4 saturated carbocycles. The summed E-state index contributed by atoms with van der Waals surface area (Å²) < 4.78 is 74.8. The first-order chi connectivity index (χ1) is 17.3. The summed E-state index contributed by atoms with van der Waals surface area (Å²) in [4.78, 5) is 12.2. The molecule has 4 aliphatic carbocycles. The topological polar surface area (TPSA) is 107 Å². The molecule has 0 aliphatic heterocycles. The molecule has 4 fully saturated rings. The van der Waals surface area contributed by atoms with Crippen LogP contribution < -0.4 is 34.9 Å². The molecule has 0 radical (unpaired) electrons. The number of rotatable bonds is 7. The Balaban J connectivity index is 0.00000420. The van der Waals surface area contributed by atoms with Gasteiger partial charge < -0.3 is 15.0 Å². The molecule has 4 rings (SSSR count). The van der Waals surface area contributed by atoms with Crippen molar-refractivity contribution in [3.63, 3.8) is 0 Å². The van der Waals surface area contributed by atoms with Crippen molar-refractivity contribution in [3.8, 4) is 0 Å². The Morgan fingerprint density at radius 1 is 1.18 bits per heavy atom. The number of hydrogen-bond donors (Lipinski definition) is 2. The minimum atomic E-state index is -4.35. The Morgan fingerprint density at radius 3 is 2.59 bits per heavy atom. The maximum Gasteiger partial charge on any atom is 1.00 e. The van der Waals surface area contributed by atoms with Crippen LogP contribution in [0.15, 0.2) is 0 Å². The molecular weight excluding hydrogens is 461 g/mol. The van der Waals surface area contributed by atoms with Crippen molar-refractivity contribution in [2.75, 3.05) is 12.3 Å². The van der Waals surface area contributed by atoms with E-state index in [1.807, 2.05) is 6.92 Å². The second-order valence-corrected chi connectivity index (χ2v) is 13.2. The van der Waals surface area contributed by atoms with Crippen molar-refractivity contribution >= 4 is 16.0 Å². The molecule has 0 bridgehead atoms. The van der Waals surface area contributed by atoms with E-state index in [0.29, 0.717) is 36.5 Å². The van der Waals surface area contributed by atoms with E-state index in [4.69, 9.17) is 6.85 Å². The van der Waals surface area contributed by atoms with Gasteiger partial charge in [0.25, 0.3) is 0 Å². The van der Waals surface area contributed by atoms with E-state index in [1.165, 1.54) is 0 Å². The normalized spacial score (nSPS) is 49.8. The first-order valence-corrected chi connectivity index (χ1v) is 14.3. The second-order valence-electron chi connectivity index (χ2n) is 11.7. The van der Waals surface area contributed by atoms with E-state index in [0.717, 1.165) is 32.1 Å². The molecule has 0 spiro atoms. The number of amides is 1. The SMILES string of the molecule is [2H]C1([2H])CC2(C)C3CCC4(C)C(C(C)CCC(=O)NCCS(=O)(=O)[O-])CCC4C3CCC2C([2H])([2H])C1([2H])O.[Na+]. The van der Waals surface area contributed by atoms with Gasteiger partial charge in [0.2, 0.25) is 5.91 Å². The van der Waals surface area contributed by atoms with E-state index in [2.05, 4.69) is 19.2 Å². The maximum atomic E-state index is 12.2. The van der Waals surface area contributed by atoms with Gasteiger partial charge in [-0.3, -0.25) is 4.79 Å². The van der Waals surface area contributed by atoms with Crippen LogP contribution in [0, 0.1) is 46.3 Å². The second kappa shape index (κ2) is 11.0. The zero-order valence-electron chi connectivity index (χ0n) is 26.2. The predicted molar refractivity (Wildman–Crippen MR) is 127 cm³/mol. The van der Waals surface area contributed by atoms with Gasteiger partial charge in [0.15, 0.2) is 0 Å². The Labute approximate surface area is 235 Å². The van der Waals surface area contributed by atoms with E-state index in [9.17, 15) is 22.9 Å². The third-order valence-electron chi connectivity index (χ3n) is 10.1. The molecule has 34 heavy (non-hydrogen) atoms. The minimum absolute atomic E-state index is 0. The minimum Gasteiger partial charge on any atom is -0.748 e. The van der Waals surface area contributed by atoms with Gasteiger partial charge in [-0.2, -0.15) is 0 Å². The van der Waals surface area contributed by atoms with Gasteiger partial charge in [-0.25, -0.2) is 8.42 Å². The van der Waals surface area contributed by atoms with Crippen LogP contribution >= 0.6 is 0 Å². The standard InChI is InChI=1S/C26H45NO5S.Na/c1-17(4-9-24(29)27-14-15-33(30,31)32)21-7-8-22-20-6-5-18-16-19(28)10-12-25(18,2)23(20)11-13-26(21,22)3;/h17-23,28H,4-16H2,1-3H3,(H,27,29)(H,30,31,32);/q;+1/p-1/i10D2,16D2,19D;. The van der Waals surface area contributed by atoms with Crippen molar-refractivity contribution in [1.82, 2.24) is 5.32 Å². The number of carbonyl (C=O) groups excluding carboxylic acids is 1. The molecule has 8 heteroatoms. The van der Waals surface area contributed by atoms with Crippen molar-refractivity contribution < 1.29 is 59.3 Å². The van der Waals surface area contributed by atoms with Gasteiger partial charge in [-0.1, -0.05) is 20.8 Å². The molecule has 190 valence electrons. The van der Waals surface area contributed by atoms with Crippen molar-refractivity contribution in [2.24, 2.45) is 46.3 Å². The van der Waals surface area contributed by atoms with Crippen molar-refractivity contribution in [2.45, 2.75) is 97.4 Å². The molecule has 0 heterocycles. The average molecular weight is 511 g/mol. The molecule has 0 saturated heterocycles. The van der Waals surface area contributed by atoms with Crippen LogP contribution in [0.3, 0.4) is 0 Å². The zero-order chi connectivity index (χ0) is 28.5. The Hall–Kier alpha value is 0.340. The Morgan fingerprint density at radius 2 is 1.88 bits per heavy atom. The largest absolute Gasteiger partial charge is 1.00 e. The molecule has 1 amide bonds. The van der Waals surface area contributed by atoms with Gasteiger partial charge in [-0.15, -0.1) is 0 Å². The van der Waals surface area contributed by atoms with Crippen LogP contribution in [-0.2, 0) is 14.9 Å².